The molecule has 0 aromatic heterocycles. The number of hydrogen-bond donors (Lipinski definition) is 1. The minimum absolute atomic E-state index is 0.00421. The fourth-order valence-electron chi connectivity index (χ4n) is 12.9. The van der Waals surface area contributed by atoms with Crippen molar-refractivity contribution in [2.45, 2.75) is 118 Å². The lowest BCUT2D eigenvalue weighted by Crippen LogP contribution is -2.66. The van der Waals surface area contributed by atoms with Crippen LogP contribution >= 0.6 is 0 Å². The van der Waals surface area contributed by atoms with Gasteiger partial charge in [-0.1, -0.05) is 58.9 Å². The molecule has 4 heteroatoms. The van der Waals surface area contributed by atoms with Crippen molar-refractivity contribution in [1.82, 2.24) is 4.90 Å². The lowest BCUT2D eigenvalue weighted by Gasteiger charge is -2.73. The number of ether oxygens (including phenoxy) is 1. The normalized spacial score (nSPS) is 48.9. The van der Waals surface area contributed by atoms with Gasteiger partial charge in [0.2, 0.25) is 0 Å². The highest BCUT2D eigenvalue weighted by Gasteiger charge is 2.71. The molecule has 0 radical (unpaired) electrons. The molecule has 1 aliphatic heterocycles. The summed E-state index contributed by atoms with van der Waals surface area (Å²) in [5.41, 5.74) is 2.42. The number of rotatable bonds is 5. The summed E-state index contributed by atoms with van der Waals surface area (Å²) >= 11 is 0. The second-order valence-corrected chi connectivity index (χ2v) is 17.0. The Hall–Kier alpha value is -1.13. The van der Waals surface area contributed by atoms with E-state index in [9.17, 15) is 9.90 Å². The van der Waals surface area contributed by atoms with Crippen LogP contribution in [0, 0.1) is 56.7 Å². The second-order valence-electron chi connectivity index (χ2n) is 17.0. The molecule has 0 unspecified atom stereocenters. The van der Waals surface area contributed by atoms with E-state index >= 15 is 0 Å². The lowest BCUT2D eigenvalue weighted by molar-refractivity contribution is -0.250. The third-order valence-electron chi connectivity index (χ3n) is 15.2. The second kappa shape index (κ2) is 10.2. The first-order valence-corrected chi connectivity index (χ1v) is 17.1. The zero-order valence-corrected chi connectivity index (χ0v) is 27.1. The average Bonchev–Trinajstić information content (AvgIpc) is 3.31. The van der Waals surface area contributed by atoms with Gasteiger partial charge in [0.05, 0.1) is 12.7 Å². The van der Waals surface area contributed by atoms with Gasteiger partial charge in [-0.3, -0.25) is 9.69 Å². The van der Waals surface area contributed by atoms with Gasteiger partial charge in [-0.2, -0.15) is 0 Å². The molecule has 0 bridgehead atoms. The van der Waals surface area contributed by atoms with Crippen molar-refractivity contribution < 1.29 is 14.6 Å². The Morgan fingerprint density at radius 3 is 2.41 bits per heavy atom. The van der Waals surface area contributed by atoms with Crippen LogP contribution in [0.4, 0.5) is 0 Å². The van der Waals surface area contributed by atoms with Crippen molar-refractivity contribution in [2.24, 2.45) is 56.7 Å². The molecular formula is C37H59NO3. The Morgan fingerprint density at radius 2 is 1.71 bits per heavy atom. The number of hydrogen-bond acceptors (Lipinski definition) is 4. The van der Waals surface area contributed by atoms with Gasteiger partial charge in [-0.05, 0) is 122 Å². The van der Waals surface area contributed by atoms with Gasteiger partial charge >= 0.3 is 5.97 Å². The fraction of sp³-hybridized carbons (Fsp3) is 0.865. The molecule has 5 aliphatic carbocycles. The zero-order chi connectivity index (χ0) is 29.4. The Labute approximate surface area is 250 Å². The predicted molar refractivity (Wildman–Crippen MR) is 166 cm³/mol. The summed E-state index contributed by atoms with van der Waals surface area (Å²) in [5, 5.41) is 11.1. The number of nitrogens with zero attached hydrogens (tertiary/aromatic N) is 1. The topological polar surface area (TPSA) is 49.8 Å². The smallest absolute Gasteiger partial charge is 0.302 e. The molecule has 5 fully saturated rings. The molecule has 6 aliphatic rings. The molecule has 0 spiro atoms. The third-order valence-corrected chi connectivity index (χ3v) is 15.2. The van der Waals surface area contributed by atoms with Crippen molar-refractivity contribution in [3.8, 4) is 0 Å². The highest BCUT2D eigenvalue weighted by Crippen LogP contribution is 2.77. The maximum absolute atomic E-state index is 12.1. The average molecular weight is 566 g/mol. The van der Waals surface area contributed by atoms with Gasteiger partial charge in [-0.25, -0.2) is 0 Å². The maximum Gasteiger partial charge on any atom is 0.302 e. The molecule has 230 valence electrons. The van der Waals surface area contributed by atoms with Crippen LogP contribution in [-0.2, 0) is 9.53 Å². The van der Waals surface area contributed by atoms with E-state index < -0.39 is 0 Å². The van der Waals surface area contributed by atoms with E-state index in [1.165, 1.54) is 63.4 Å². The third kappa shape index (κ3) is 4.38. The monoisotopic (exact) mass is 565 g/mol. The van der Waals surface area contributed by atoms with E-state index in [2.05, 4.69) is 51.7 Å². The van der Waals surface area contributed by atoms with Crippen molar-refractivity contribution in [3.05, 3.63) is 24.3 Å². The summed E-state index contributed by atoms with van der Waals surface area (Å²) in [6, 6.07) is 0. The summed E-state index contributed by atoms with van der Waals surface area (Å²) in [6.07, 6.45) is 17.7. The number of carbonyl (C=O) groups is 1. The zero-order valence-electron chi connectivity index (χ0n) is 27.1. The van der Waals surface area contributed by atoms with Gasteiger partial charge in [0.15, 0.2) is 0 Å². The number of carbonyl (C=O) groups excluding carboxylic acids is 1. The molecule has 0 amide bonds. The quantitative estimate of drug-likeness (QED) is 0.273. The van der Waals surface area contributed by atoms with Crippen LogP contribution in [-0.4, -0.2) is 48.3 Å². The number of fused-ring (bicyclic) bond motifs is 7. The van der Waals surface area contributed by atoms with E-state index in [0.29, 0.717) is 47.0 Å². The van der Waals surface area contributed by atoms with Crippen LogP contribution in [0.1, 0.15) is 112 Å². The van der Waals surface area contributed by atoms with Gasteiger partial charge in [0.25, 0.3) is 0 Å². The Balaban J connectivity index is 1.33. The molecule has 0 aromatic carbocycles. The molecule has 6 rings (SSSR count). The summed E-state index contributed by atoms with van der Waals surface area (Å²) in [4.78, 5) is 14.7. The Kier molecular flexibility index (Phi) is 7.46. The summed E-state index contributed by atoms with van der Waals surface area (Å²) < 4.78 is 5.92. The molecule has 10 atom stereocenters. The number of aliphatic hydroxyl groups is 1. The first-order valence-electron chi connectivity index (χ1n) is 17.1. The number of aliphatic hydroxyl groups excluding tert-OH is 1. The first kappa shape index (κ1) is 29.9. The van der Waals surface area contributed by atoms with Crippen molar-refractivity contribution in [2.75, 3.05) is 26.2 Å². The fourth-order valence-corrected chi connectivity index (χ4v) is 12.9. The first-order chi connectivity index (χ1) is 19.3. The highest BCUT2D eigenvalue weighted by atomic mass is 16.5. The van der Waals surface area contributed by atoms with Crippen molar-refractivity contribution in [1.29, 1.82) is 0 Å². The largest absolute Gasteiger partial charge is 0.465 e. The van der Waals surface area contributed by atoms with Gasteiger partial charge < -0.3 is 9.84 Å². The molecule has 0 saturated heterocycles. The van der Waals surface area contributed by atoms with Crippen molar-refractivity contribution in [3.63, 3.8) is 0 Å². The van der Waals surface area contributed by atoms with E-state index in [-0.39, 0.29) is 28.3 Å². The Bertz CT molecular complexity index is 1080. The van der Waals surface area contributed by atoms with Gasteiger partial charge in [0, 0.05) is 32.0 Å². The molecule has 4 nitrogen and oxygen atoms in total. The molecule has 1 heterocycles. The van der Waals surface area contributed by atoms with E-state index in [4.69, 9.17) is 11.3 Å². The minimum atomic E-state index is -0.172. The standard InChI is InChI=1S/C37H59NO3/c1-25(23-38-21-9-8-10-22-38)27-13-18-37(24-41-26(2)39)20-19-35(6)28(32(27)37)11-12-30-34(5)16-15-31(40)33(3,4)29(34)14-17-36(30,35)7/h8-9,27-32,40H,1,10-24H2,2-7H3/t27-,28+,29-,30+,31-,32+,34-,35+,36+,37+/m0/s1. The van der Waals surface area contributed by atoms with Gasteiger partial charge in [-0.15, -0.1) is 0 Å². The SMILES string of the molecule is C=C(CN1CC=CCC1)[C@@H]1CC[C@]2(COC(C)=O)CC[C@]3(C)[C@H](CC[C@@H]4[C@@]5(C)CC[C@H](O)C(C)(C)[C@@H]5CC[C@]43C)[C@@H]12. The van der Waals surface area contributed by atoms with Gasteiger partial charge in [0.1, 0.15) is 0 Å². The van der Waals surface area contributed by atoms with Crippen LogP contribution < -0.4 is 0 Å². The van der Waals surface area contributed by atoms with Crippen LogP contribution in [0.3, 0.4) is 0 Å². The molecule has 5 saturated carbocycles. The molecule has 0 aromatic rings. The molecular weight excluding hydrogens is 506 g/mol. The minimum Gasteiger partial charge on any atom is -0.465 e. The van der Waals surface area contributed by atoms with E-state index in [0.717, 1.165) is 32.5 Å². The Morgan fingerprint density at radius 1 is 0.927 bits per heavy atom. The van der Waals surface area contributed by atoms with E-state index in [1.807, 2.05) is 0 Å². The van der Waals surface area contributed by atoms with Crippen LogP contribution in [0.25, 0.3) is 0 Å². The summed E-state index contributed by atoms with van der Waals surface area (Å²) in [7, 11) is 0. The van der Waals surface area contributed by atoms with Crippen molar-refractivity contribution >= 4 is 5.97 Å². The summed E-state index contributed by atoms with van der Waals surface area (Å²) in [6.45, 7) is 22.9. The molecule has 41 heavy (non-hydrogen) atoms. The maximum atomic E-state index is 12.1. The van der Waals surface area contributed by atoms with Crippen LogP contribution in [0.5, 0.6) is 0 Å². The summed E-state index contributed by atoms with van der Waals surface area (Å²) in [5.74, 6) is 2.92. The van der Waals surface area contributed by atoms with E-state index in [1.54, 1.807) is 6.92 Å². The van der Waals surface area contributed by atoms with Crippen LogP contribution in [0.15, 0.2) is 24.3 Å². The highest BCUT2D eigenvalue weighted by molar-refractivity contribution is 5.65. The predicted octanol–water partition coefficient (Wildman–Crippen LogP) is 7.81. The van der Waals surface area contributed by atoms with Crippen LogP contribution in [0.2, 0.25) is 0 Å². The lowest BCUT2D eigenvalue weighted by atomic mass is 9.32. The number of esters is 1. The molecule has 1 N–H and O–H groups in total.